The number of phenolic OH excluding ortho intramolecular Hbond substituents is 1. The van der Waals surface area contributed by atoms with Gasteiger partial charge in [-0.05, 0) is 31.0 Å². The number of phenols is 1. The fraction of sp³-hybridized carbons (Fsp3) is 0.500. The maximum absolute atomic E-state index is 12.0. The van der Waals surface area contributed by atoms with Crippen LogP contribution in [0.25, 0.3) is 0 Å². The minimum Gasteiger partial charge on any atom is -0.508 e. The Morgan fingerprint density at radius 2 is 1.88 bits per heavy atom. The average molecular weight is 233 g/mol. The van der Waals surface area contributed by atoms with Crippen LogP contribution in [0.2, 0.25) is 0 Å². The summed E-state index contributed by atoms with van der Waals surface area (Å²) in [7, 11) is 0. The molecule has 0 heterocycles. The highest BCUT2D eigenvalue weighted by Gasteiger charge is 2.15. The summed E-state index contributed by atoms with van der Waals surface area (Å²) in [6.07, 6.45) is 7.10. The molecule has 3 nitrogen and oxygen atoms in total. The molecule has 0 unspecified atom stereocenters. The zero-order valence-electron chi connectivity index (χ0n) is 9.98. The van der Waals surface area contributed by atoms with Gasteiger partial charge in [0.2, 0.25) is 0 Å². The van der Waals surface area contributed by atoms with Crippen LogP contribution in [0.1, 0.15) is 48.9 Å². The van der Waals surface area contributed by atoms with E-state index in [0.29, 0.717) is 11.6 Å². The van der Waals surface area contributed by atoms with Gasteiger partial charge in [-0.15, -0.1) is 0 Å². The third kappa shape index (κ3) is 3.48. The first kappa shape index (κ1) is 12.0. The highest BCUT2D eigenvalue weighted by atomic mass is 16.3. The molecular weight excluding hydrogens is 214 g/mol. The fourth-order valence-electron chi connectivity index (χ4n) is 2.34. The molecule has 3 heteroatoms. The van der Waals surface area contributed by atoms with Crippen molar-refractivity contribution in [2.24, 2.45) is 0 Å². The van der Waals surface area contributed by atoms with Gasteiger partial charge in [0.25, 0.3) is 5.91 Å². The number of carbonyl (C=O) groups is 1. The van der Waals surface area contributed by atoms with Gasteiger partial charge >= 0.3 is 0 Å². The highest BCUT2D eigenvalue weighted by Crippen LogP contribution is 2.18. The van der Waals surface area contributed by atoms with E-state index in [0.717, 1.165) is 12.8 Å². The largest absolute Gasteiger partial charge is 0.508 e. The second-order valence-corrected chi connectivity index (χ2v) is 4.71. The van der Waals surface area contributed by atoms with E-state index in [9.17, 15) is 9.90 Å². The van der Waals surface area contributed by atoms with Crippen LogP contribution in [0.15, 0.2) is 24.3 Å². The molecule has 2 N–H and O–H groups in total. The molecule has 1 aliphatic carbocycles. The number of aromatic hydroxyl groups is 1. The second-order valence-electron chi connectivity index (χ2n) is 4.71. The van der Waals surface area contributed by atoms with Crippen molar-refractivity contribution in [3.05, 3.63) is 29.8 Å². The monoisotopic (exact) mass is 233 g/mol. The summed E-state index contributed by atoms with van der Waals surface area (Å²) in [5.74, 6) is 0.0614. The van der Waals surface area contributed by atoms with Gasteiger partial charge < -0.3 is 10.4 Å². The number of nitrogens with one attached hydrogen (secondary N) is 1. The van der Waals surface area contributed by atoms with Crippen molar-refractivity contribution in [1.29, 1.82) is 0 Å². The zero-order chi connectivity index (χ0) is 12.1. The topological polar surface area (TPSA) is 49.3 Å². The molecule has 1 aromatic carbocycles. The van der Waals surface area contributed by atoms with E-state index in [1.807, 2.05) is 0 Å². The summed E-state index contributed by atoms with van der Waals surface area (Å²) < 4.78 is 0. The summed E-state index contributed by atoms with van der Waals surface area (Å²) in [5, 5.41) is 12.4. The van der Waals surface area contributed by atoms with E-state index in [1.165, 1.54) is 31.7 Å². The van der Waals surface area contributed by atoms with Gasteiger partial charge in [0, 0.05) is 11.6 Å². The van der Waals surface area contributed by atoms with Crippen molar-refractivity contribution in [2.75, 3.05) is 0 Å². The van der Waals surface area contributed by atoms with Crippen molar-refractivity contribution < 1.29 is 9.90 Å². The van der Waals surface area contributed by atoms with Crippen LogP contribution in [0.3, 0.4) is 0 Å². The van der Waals surface area contributed by atoms with Gasteiger partial charge in [0.1, 0.15) is 5.75 Å². The first-order chi connectivity index (χ1) is 8.25. The lowest BCUT2D eigenvalue weighted by molar-refractivity contribution is 0.0933. The molecule has 1 aliphatic rings. The molecule has 2 rings (SSSR count). The smallest absolute Gasteiger partial charge is 0.251 e. The van der Waals surface area contributed by atoms with Crippen LogP contribution in [-0.4, -0.2) is 17.1 Å². The van der Waals surface area contributed by atoms with E-state index in [2.05, 4.69) is 5.32 Å². The van der Waals surface area contributed by atoms with Crippen LogP contribution in [-0.2, 0) is 0 Å². The molecule has 0 aromatic heterocycles. The van der Waals surface area contributed by atoms with Gasteiger partial charge in [0.15, 0.2) is 0 Å². The van der Waals surface area contributed by atoms with Crippen LogP contribution in [0.4, 0.5) is 0 Å². The predicted molar refractivity (Wildman–Crippen MR) is 67.1 cm³/mol. The predicted octanol–water partition coefficient (Wildman–Crippen LogP) is 2.84. The van der Waals surface area contributed by atoms with Gasteiger partial charge in [-0.3, -0.25) is 4.79 Å². The third-order valence-electron chi connectivity index (χ3n) is 3.30. The van der Waals surface area contributed by atoms with Crippen LogP contribution in [0, 0.1) is 0 Å². The second kappa shape index (κ2) is 5.71. The molecule has 0 saturated heterocycles. The van der Waals surface area contributed by atoms with Crippen molar-refractivity contribution in [3.8, 4) is 5.75 Å². The number of amides is 1. The normalized spacial score (nSPS) is 17.4. The Hall–Kier alpha value is -1.51. The molecular formula is C14H19NO2. The quantitative estimate of drug-likeness (QED) is 0.772. The van der Waals surface area contributed by atoms with Crippen LogP contribution < -0.4 is 5.32 Å². The molecule has 0 spiro atoms. The molecule has 0 bridgehead atoms. The minimum atomic E-state index is -0.0761. The van der Waals surface area contributed by atoms with Crippen molar-refractivity contribution >= 4 is 5.91 Å². The lowest BCUT2D eigenvalue weighted by Gasteiger charge is -2.16. The van der Waals surface area contributed by atoms with E-state index in [1.54, 1.807) is 18.2 Å². The van der Waals surface area contributed by atoms with E-state index in [-0.39, 0.29) is 11.7 Å². The molecule has 1 fully saturated rings. The van der Waals surface area contributed by atoms with E-state index < -0.39 is 0 Å². The van der Waals surface area contributed by atoms with Gasteiger partial charge in [0.05, 0.1) is 0 Å². The SMILES string of the molecule is O=C(NC1CCCCCC1)c1cccc(O)c1. The molecule has 1 amide bonds. The lowest BCUT2D eigenvalue weighted by Crippen LogP contribution is -2.34. The number of carbonyl (C=O) groups excluding carboxylic acids is 1. The summed E-state index contributed by atoms with van der Waals surface area (Å²) in [5.41, 5.74) is 0.536. The van der Waals surface area contributed by atoms with Gasteiger partial charge in [-0.1, -0.05) is 31.7 Å². The first-order valence-electron chi connectivity index (χ1n) is 6.35. The average Bonchev–Trinajstić information content (AvgIpc) is 2.57. The maximum Gasteiger partial charge on any atom is 0.251 e. The third-order valence-corrected chi connectivity index (χ3v) is 3.30. The summed E-state index contributed by atoms with van der Waals surface area (Å²) in [6.45, 7) is 0. The molecule has 92 valence electrons. The first-order valence-corrected chi connectivity index (χ1v) is 6.35. The molecule has 1 aromatic rings. The van der Waals surface area contributed by atoms with Crippen molar-refractivity contribution in [1.82, 2.24) is 5.32 Å². The van der Waals surface area contributed by atoms with E-state index in [4.69, 9.17) is 0 Å². The summed E-state index contributed by atoms with van der Waals surface area (Å²) >= 11 is 0. The highest BCUT2D eigenvalue weighted by molar-refractivity contribution is 5.94. The standard InChI is InChI=1S/C14H19NO2/c16-13-9-5-6-11(10-13)14(17)15-12-7-3-1-2-4-8-12/h5-6,9-10,12,16H,1-4,7-8H2,(H,15,17). The van der Waals surface area contributed by atoms with Crippen molar-refractivity contribution in [2.45, 2.75) is 44.6 Å². The van der Waals surface area contributed by atoms with Crippen LogP contribution >= 0.6 is 0 Å². The molecule has 0 radical (unpaired) electrons. The van der Waals surface area contributed by atoms with E-state index >= 15 is 0 Å². The molecule has 0 atom stereocenters. The Morgan fingerprint density at radius 1 is 1.18 bits per heavy atom. The van der Waals surface area contributed by atoms with Gasteiger partial charge in [-0.25, -0.2) is 0 Å². The fourth-order valence-corrected chi connectivity index (χ4v) is 2.34. The van der Waals surface area contributed by atoms with Crippen LogP contribution in [0.5, 0.6) is 5.75 Å². The minimum absolute atomic E-state index is 0.0761. The number of benzene rings is 1. The number of hydrogen-bond donors (Lipinski definition) is 2. The summed E-state index contributed by atoms with van der Waals surface area (Å²) in [4.78, 5) is 12.0. The number of hydrogen-bond acceptors (Lipinski definition) is 2. The summed E-state index contributed by atoms with van der Waals surface area (Å²) in [6, 6.07) is 6.80. The Labute approximate surface area is 102 Å². The van der Waals surface area contributed by atoms with Crippen molar-refractivity contribution in [3.63, 3.8) is 0 Å². The number of rotatable bonds is 2. The molecule has 1 saturated carbocycles. The Bertz CT molecular complexity index is 382. The Kier molecular flexibility index (Phi) is 4.02. The lowest BCUT2D eigenvalue weighted by atomic mass is 10.1. The zero-order valence-corrected chi connectivity index (χ0v) is 9.98. The molecule has 0 aliphatic heterocycles. The maximum atomic E-state index is 12.0. The van der Waals surface area contributed by atoms with Gasteiger partial charge in [-0.2, -0.15) is 0 Å². The Balaban J connectivity index is 1.96. The molecule has 17 heavy (non-hydrogen) atoms. The Morgan fingerprint density at radius 3 is 2.53 bits per heavy atom.